The Morgan fingerprint density at radius 1 is 1.31 bits per heavy atom. The van der Waals surface area contributed by atoms with Crippen LogP contribution in [-0.4, -0.2) is 13.7 Å². The van der Waals surface area contributed by atoms with Crippen LogP contribution >= 0.6 is 0 Å². The Kier molecular flexibility index (Phi) is 4.30. The number of hydrogen-bond acceptors (Lipinski definition) is 2. The topological polar surface area (TPSA) is 21.3 Å². The third kappa shape index (κ3) is 4.19. The number of halogens is 1. The van der Waals surface area contributed by atoms with Gasteiger partial charge < -0.3 is 10.1 Å². The van der Waals surface area contributed by atoms with Crippen molar-refractivity contribution in [1.29, 1.82) is 0 Å². The Morgan fingerprint density at radius 3 is 2.50 bits per heavy atom. The Bertz CT molecular complexity index is 344. The van der Waals surface area contributed by atoms with Gasteiger partial charge >= 0.3 is 0 Å². The monoisotopic (exact) mass is 225 g/mol. The average molecular weight is 225 g/mol. The molecule has 0 saturated carbocycles. The van der Waals surface area contributed by atoms with Crippen LogP contribution in [0.25, 0.3) is 0 Å². The maximum atomic E-state index is 13.5. The number of ether oxygens (including phenoxy) is 1. The molecule has 0 unspecified atom stereocenters. The van der Waals surface area contributed by atoms with Crippen molar-refractivity contribution in [3.63, 3.8) is 0 Å². The van der Waals surface area contributed by atoms with E-state index >= 15 is 0 Å². The molecule has 0 aromatic heterocycles. The lowest BCUT2D eigenvalue weighted by atomic mass is 9.97. The van der Waals surface area contributed by atoms with Crippen molar-refractivity contribution in [3.8, 4) is 5.75 Å². The molecular weight excluding hydrogens is 205 g/mol. The van der Waals surface area contributed by atoms with E-state index in [4.69, 9.17) is 4.74 Å². The molecule has 0 heterocycles. The molecule has 3 heteroatoms. The molecule has 0 radical (unpaired) electrons. The van der Waals surface area contributed by atoms with Gasteiger partial charge in [0.25, 0.3) is 0 Å². The van der Waals surface area contributed by atoms with Gasteiger partial charge in [0, 0.05) is 24.7 Å². The zero-order chi connectivity index (χ0) is 12.2. The maximum absolute atomic E-state index is 13.5. The van der Waals surface area contributed by atoms with Crippen molar-refractivity contribution < 1.29 is 9.13 Å². The molecule has 1 aromatic rings. The lowest BCUT2D eigenvalue weighted by molar-refractivity contribution is 0.377. The summed E-state index contributed by atoms with van der Waals surface area (Å²) in [6, 6.07) is 4.94. The van der Waals surface area contributed by atoms with Gasteiger partial charge in [-0.05, 0) is 11.5 Å². The summed E-state index contributed by atoms with van der Waals surface area (Å²) >= 11 is 0. The first-order valence-corrected chi connectivity index (χ1v) is 5.45. The van der Waals surface area contributed by atoms with Crippen LogP contribution in [0.3, 0.4) is 0 Å². The lowest BCUT2D eigenvalue weighted by Crippen LogP contribution is -2.26. The van der Waals surface area contributed by atoms with E-state index in [2.05, 4.69) is 26.1 Å². The molecule has 0 saturated heterocycles. The third-order valence-electron chi connectivity index (χ3n) is 2.23. The number of benzene rings is 1. The predicted molar refractivity (Wildman–Crippen MR) is 64.1 cm³/mol. The van der Waals surface area contributed by atoms with Crippen LogP contribution in [0.4, 0.5) is 4.39 Å². The predicted octanol–water partition coefficient (Wildman–Crippen LogP) is 2.97. The second kappa shape index (κ2) is 5.30. The highest BCUT2D eigenvalue weighted by atomic mass is 19.1. The molecule has 1 rings (SSSR count). The van der Waals surface area contributed by atoms with Crippen molar-refractivity contribution in [2.24, 2.45) is 5.41 Å². The first-order chi connectivity index (χ1) is 7.42. The summed E-state index contributed by atoms with van der Waals surface area (Å²) in [7, 11) is 1.53. The SMILES string of the molecule is COc1ccc(CNCC(C)(C)C)c(F)c1. The molecule has 90 valence electrons. The van der Waals surface area contributed by atoms with Crippen molar-refractivity contribution >= 4 is 0 Å². The standard InChI is InChI=1S/C13H20FNO/c1-13(2,3)9-15-8-10-5-6-11(16-4)7-12(10)14/h5-7,15H,8-9H2,1-4H3. The molecule has 0 bridgehead atoms. The van der Waals surface area contributed by atoms with Crippen molar-refractivity contribution in [1.82, 2.24) is 5.32 Å². The normalized spacial score (nSPS) is 11.6. The summed E-state index contributed by atoms with van der Waals surface area (Å²) in [6.07, 6.45) is 0. The van der Waals surface area contributed by atoms with Crippen LogP contribution in [-0.2, 0) is 6.54 Å². The quantitative estimate of drug-likeness (QED) is 0.850. The fourth-order valence-electron chi connectivity index (χ4n) is 1.37. The highest BCUT2D eigenvalue weighted by Crippen LogP contribution is 2.16. The van der Waals surface area contributed by atoms with Gasteiger partial charge in [0.15, 0.2) is 0 Å². The minimum atomic E-state index is -0.222. The zero-order valence-electron chi connectivity index (χ0n) is 10.4. The number of nitrogens with one attached hydrogen (secondary N) is 1. The van der Waals surface area contributed by atoms with Crippen LogP contribution in [0.15, 0.2) is 18.2 Å². The largest absolute Gasteiger partial charge is 0.497 e. The molecule has 1 aromatic carbocycles. The number of methoxy groups -OCH3 is 1. The highest BCUT2D eigenvalue weighted by Gasteiger charge is 2.10. The molecule has 0 amide bonds. The Hall–Kier alpha value is -1.09. The molecule has 0 aliphatic carbocycles. The Labute approximate surface area is 96.8 Å². The van der Waals surface area contributed by atoms with Crippen molar-refractivity contribution in [3.05, 3.63) is 29.6 Å². The second-order valence-corrected chi connectivity index (χ2v) is 5.12. The fraction of sp³-hybridized carbons (Fsp3) is 0.538. The van der Waals surface area contributed by atoms with Crippen molar-refractivity contribution in [2.75, 3.05) is 13.7 Å². The van der Waals surface area contributed by atoms with Gasteiger partial charge in [-0.15, -0.1) is 0 Å². The molecule has 1 N–H and O–H groups in total. The summed E-state index contributed by atoms with van der Waals surface area (Å²) in [5, 5.41) is 3.24. The van der Waals surface area contributed by atoms with Crippen LogP contribution in [0, 0.1) is 11.2 Å². The molecule has 2 nitrogen and oxygen atoms in total. The van der Waals surface area contributed by atoms with E-state index in [-0.39, 0.29) is 11.2 Å². The lowest BCUT2D eigenvalue weighted by Gasteiger charge is -2.19. The minimum Gasteiger partial charge on any atom is -0.497 e. The zero-order valence-corrected chi connectivity index (χ0v) is 10.4. The van der Waals surface area contributed by atoms with E-state index in [1.807, 2.05) is 0 Å². The highest BCUT2D eigenvalue weighted by molar-refractivity contribution is 5.28. The van der Waals surface area contributed by atoms with E-state index in [1.54, 1.807) is 12.1 Å². The van der Waals surface area contributed by atoms with Crippen molar-refractivity contribution in [2.45, 2.75) is 27.3 Å². The summed E-state index contributed by atoms with van der Waals surface area (Å²) in [5.41, 5.74) is 0.883. The first kappa shape index (κ1) is 13.0. The molecule has 16 heavy (non-hydrogen) atoms. The fourth-order valence-corrected chi connectivity index (χ4v) is 1.37. The van der Waals surface area contributed by atoms with Gasteiger partial charge in [0.05, 0.1) is 7.11 Å². The van der Waals surface area contributed by atoms with E-state index < -0.39 is 0 Å². The smallest absolute Gasteiger partial charge is 0.131 e. The van der Waals surface area contributed by atoms with E-state index in [1.165, 1.54) is 13.2 Å². The summed E-state index contributed by atoms with van der Waals surface area (Å²) in [5.74, 6) is 0.331. The first-order valence-electron chi connectivity index (χ1n) is 5.45. The molecule has 0 spiro atoms. The van der Waals surface area contributed by atoms with E-state index in [0.717, 1.165) is 6.54 Å². The van der Waals surface area contributed by atoms with Gasteiger partial charge in [-0.3, -0.25) is 0 Å². The third-order valence-corrected chi connectivity index (χ3v) is 2.23. The minimum absolute atomic E-state index is 0.211. The maximum Gasteiger partial charge on any atom is 0.131 e. The number of rotatable bonds is 4. The van der Waals surface area contributed by atoms with Gasteiger partial charge in [0.2, 0.25) is 0 Å². The van der Waals surface area contributed by atoms with Crippen LogP contribution in [0.2, 0.25) is 0 Å². The summed E-state index contributed by atoms with van der Waals surface area (Å²) in [6.45, 7) is 7.84. The molecule has 0 atom stereocenters. The number of hydrogen-bond donors (Lipinski definition) is 1. The van der Waals surface area contributed by atoms with Crippen LogP contribution in [0.1, 0.15) is 26.3 Å². The molecule has 0 aliphatic rings. The molecular formula is C13H20FNO. The molecule has 0 fully saturated rings. The van der Waals surface area contributed by atoms with Crippen LogP contribution < -0.4 is 10.1 Å². The second-order valence-electron chi connectivity index (χ2n) is 5.12. The van der Waals surface area contributed by atoms with Gasteiger partial charge in [-0.25, -0.2) is 4.39 Å². The Balaban J connectivity index is 2.55. The Morgan fingerprint density at radius 2 is 2.00 bits per heavy atom. The van der Waals surface area contributed by atoms with Crippen LogP contribution in [0.5, 0.6) is 5.75 Å². The molecule has 0 aliphatic heterocycles. The van der Waals surface area contributed by atoms with Gasteiger partial charge in [0.1, 0.15) is 11.6 Å². The van der Waals surface area contributed by atoms with Gasteiger partial charge in [-0.1, -0.05) is 26.8 Å². The summed E-state index contributed by atoms with van der Waals surface area (Å²) < 4.78 is 18.5. The van der Waals surface area contributed by atoms with E-state index in [9.17, 15) is 4.39 Å². The van der Waals surface area contributed by atoms with Gasteiger partial charge in [-0.2, -0.15) is 0 Å². The summed E-state index contributed by atoms with van der Waals surface area (Å²) in [4.78, 5) is 0. The average Bonchev–Trinajstić information content (AvgIpc) is 2.18. The van der Waals surface area contributed by atoms with E-state index in [0.29, 0.717) is 17.9 Å².